The summed E-state index contributed by atoms with van der Waals surface area (Å²) in [5.41, 5.74) is 3.34. The molecular formula is C22H17FN2O. The van der Waals surface area contributed by atoms with Crippen LogP contribution in [0.25, 0.3) is 17.0 Å². The number of hydrogen-bond donors (Lipinski definition) is 2. The lowest BCUT2D eigenvalue weighted by atomic mass is 10.1. The Morgan fingerprint density at radius 3 is 2.65 bits per heavy atom. The van der Waals surface area contributed by atoms with E-state index in [0.29, 0.717) is 17.0 Å². The Labute approximate surface area is 151 Å². The molecule has 0 unspecified atom stereocenters. The van der Waals surface area contributed by atoms with Crippen molar-refractivity contribution in [3.63, 3.8) is 0 Å². The topological polar surface area (TPSA) is 44.9 Å². The van der Waals surface area contributed by atoms with Crippen molar-refractivity contribution in [2.24, 2.45) is 0 Å². The lowest BCUT2D eigenvalue weighted by Crippen LogP contribution is -2.14. The van der Waals surface area contributed by atoms with E-state index in [1.807, 2.05) is 36.4 Å². The second-order valence-corrected chi connectivity index (χ2v) is 5.64. The van der Waals surface area contributed by atoms with E-state index in [1.165, 1.54) is 18.2 Å². The third kappa shape index (κ3) is 4.08. The Hall–Kier alpha value is -3.58. The summed E-state index contributed by atoms with van der Waals surface area (Å²) in [5, 5.41) is 3.06. The Balaban J connectivity index is 1.92. The van der Waals surface area contributed by atoms with Crippen LogP contribution in [0.3, 0.4) is 0 Å². The van der Waals surface area contributed by atoms with Gasteiger partial charge in [0, 0.05) is 22.9 Å². The molecular weight excluding hydrogens is 327 g/mol. The molecule has 0 aliphatic heterocycles. The molecule has 1 aromatic heterocycles. The Bertz CT molecular complexity index is 981. The van der Waals surface area contributed by atoms with E-state index >= 15 is 0 Å². The number of rotatable bonds is 6. The minimum Gasteiger partial charge on any atom is -0.372 e. The molecule has 0 fully saturated rings. The van der Waals surface area contributed by atoms with Crippen molar-refractivity contribution in [3.8, 4) is 23.6 Å². The zero-order valence-electron chi connectivity index (χ0n) is 14.0. The second-order valence-electron chi connectivity index (χ2n) is 5.64. The van der Waals surface area contributed by atoms with Crippen LogP contribution in [0.4, 0.5) is 4.39 Å². The molecule has 1 heterocycles. The van der Waals surface area contributed by atoms with Crippen LogP contribution >= 0.6 is 0 Å². The van der Waals surface area contributed by atoms with Crippen molar-refractivity contribution < 1.29 is 9.18 Å². The van der Waals surface area contributed by atoms with Gasteiger partial charge < -0.3 is 10.3 Å². The van der Waals surface area contributed by atoms with Crippen LogP contribution in [-0.2, 0) is 0 Å². The van der Waals surface area contributed by atoms with Crippen molar-refractivity contribution >= 4 is 11.5 Å². The number of benzene rings is 2. The molecule has 3 nitrogen and oxygen atoms in total. The van der Waals surface area contributed by atoms with Crippen LogP contribution in [0.1, 0.15) is 16.1 Å². The van der Waals surface area contributed by atoms with Crippen molar-refractivity contribution in [3.05, 3.63) is 89.9 Å². The summed E-state index contributed by atoms with van der Waals surface area (Å²) >= 11 is 0. The van der Waals surface area contributed by atoms with Crippen molar-refractivity contribution in [1.82, 2.24) is 10.3 Å². The molecule has 0 atom stereocenters. The molecule has 2 N–H and O–H groups in total. The van der Waals surface area contributed by atoms with Crippen LogP contribution < -0.4 is 5.32 Å². The number of ketones is 1. The van der Waals surface area contributed by atoms with E-state index in [1.54, 1.807) is 18.2 Å². The first kappa shape index (κ1) is 17.2. The second kappa shape index (κ2) is 8.00. The maximum atomic E-state index is 13.4. The van der Waals surface area contributed by atoms with Gasteiger partial charge in [-0.2, -0.15) is 0 Å². The smallest absolute Gasteiger partial charge is 0.187 e. The van der Waals surface area contributed by atoms with Gasteiger partial charge in [0.15, 0.2) is 5.78 Å². The van der Waals surface area contributed by atoms with E-state index in [-0.39, 0.29) is 18.1 Å². The van der Waals surface area contributed by atoms with Crippen LogP contribution in [-0.4, -0.2) is 17.3 Å². The average molecular weight is 344 g/mol. The third-order valence-corrected chi connectivity index (χ3v) is 3.83. The maximum Gasteiger partial charge on any atom is 0.187 e. The summed E-state index contributed by atoms with van der Waals surface area (Å²) in [5.74, 6) is 2.06. The van der Waals surface area contributed by atoms with E-state index in [2.05, 4.69) is 16.2 Å². The quantitative estimate of drug-likeness (QED) is 0.398. The number of halogens is 1. The highest BCUT2D eigenvalue weighted by Crippen LogP contribution is 2.22. The molecule has 4 heteroatoms. The number of aromatic nitrogens is 1. The van der Waals surface area contributed by atoms with Crippen LogP contribution in [0, 0.1) is 18.2 Å². The molecule has 0 saturated heterocycles. The summed E-state index contributed by atoms with van der Waals surface area (Å²) in [6.45, 7) is 0.280. The number of carbonyl (C=O) groups is 1. The fraction of sp³-hybridized carbons (Fsp3) is 0.0455. The molecule has 0 bridgehead atoms. The van der Waals surface area contributed by atoms with E-state index in [9.17, 15) is 9.18 Å². The molecule has 0 saturated carbocycles. The first-order chi connectivity index (χ1) is 12.7. The van der Waals surface area contributed by atoms with Gasteiger partial charge in [-0.3, -0.25) is 4.79 Å². The van der Waals surface area contributed by atoms with Gasteiger partial charge in [-0.1, -0.05) is 48.4 Å². The summed E-state index contributed by atoms with van der Waals surface area (Å²) in [6.07, 6.45) is 6.84. The van der Waals surface area contributed by atoms with Gasteiger partial charge in [-0.05, 0) is 24.3 Å². The molecule has 0 spiro atoms. The molecule has 128 valence electrons. The molecule has 0 aliphatic rings. The van der Waals surface area contributed by atoms with E-state index < -0.39 is 0 Å². The van der Waals surface area contributed by atoms with E-state index in [4.69, 9.17) is 6.42 Å². The van der Waals surface area contributed by atoms with Gasteiger partial charge >= 0.3 is 0 Å². The zero-order valence-corrected chi connectivity index (χ0v) is 14.0. The summed E-state index contributed by atoms with van der Waals surface area (Å²) < 4.78 is 13.4. The normalized spacial score (nSPS) is 11.0. The van der Waals surface area contributed by atoms with E-state index in [0.717, 1.165) is 11.3 Å². The largest absolute Gasteiger partial charge is 0.372 e. The maximum absolute atomic E-state index is 13.4. The number of carbonyl (C=O) groups excluding carboxylic acids is 1. The number of terminal acetylenes is 1. The van der Waals surface area contributed by atoms with Gasteiger partial charge in [-0.25, -0.2) is 4.39 Å². The van der Waals surface area contributed by atoms with Crippen molar-refractivity contribution in [2.45, 2.75) is 0 Å². The number of aromatic amines is 1. The average Bonchev–Trinajstić information content (AvgIpc) is 3.16. The van der Waals surface area contributed by atoms with Gasteiger partial charge in [0.1, 0.15) is 5.82 Å². The van der Waals surface area contributed by atoms with Gasteiger partial charge in [-0.15, -0.1) is 6.42 Å². The highest BCUT2D eigenvalue weighted by Gasteiger charge is 2.10. The summed E-state index contributed by atoms with van der Waals surface area (Å²) in [7, 11) is 0. The van der Waals surface area contributed by atoms with Crippen molar-refractivity contribution in [1.29, 1.82) is 0 Å². The minimum absolute atomic E-state index is 0.132. The Morgan fingerprint density at radius 1 is 1.12 bits per heavy atom. The third-order valence-electron chi connectivity index (χ3n) is 3.83. The summed E-state index contributed by atoms with van der Waals surface area (Å²) in [6, 6.07) is 19.0. The number of nitrogens with one attached hydrogen (secondary N) is 2. The zero-order chi connectivity index (χ0) is 18.4. The van der Waals surface area contributed by atoms with Crippen molar-refractivity contribution in [2.75, 3.05) is 6.54 Å². The minimum atomic E-state index is -0.306. The van der Waals surface area contributed by atoms with Crippen LogP contribution in [0.15, 0.2) is 72.8 Å². The molecule has 3 aromatic rings. The predicted octanol–water partition coefficient (Wildman–Crippen LogP) is 4.27. The molecule has 26 heavy (non-hydrogen) atoms. The monoisotopic (exact) mass is 344 g/mol. The SMILES string of the molecule is C#CCN/C(=C\C(=O)c1ccccc1)c1ccc(-c2cccc(F)c2)[nH]1. The highest BCUT2D eigenvalue weighted by molar-refractivity contribution is 6.08. The molecule has 0 aliphatic carbocycles. The molecule has 2 aromatic carbocycles. The first-order valence-electron chi connectivity index (χ1n) is 8.11. The number of H-pyrrole nitrogens is 1. The summed E-state index contributed by atoms with van der Waals surface area (Å²) in [4.78, 5) is 15.7. The predicted molar refractivity (Wildman–Crippen MR) is 102 cm³/mol. The lowest BCUT2D eigenvalue weighted by Gasteiger charge is -2.07. The fourth-order valence-corrected chi connectivity index (χ4v) is 2.56. The fourth-order valence-electron chi connectivity index (χ4n) is 2.56. The van der Waals surface area contributed by atoms with Crippen LogP contribution in [0.2, 0.25) is 0 Å². The standard InChI is InChI=1S/C22H17FN2O/c1-2-13-24-21(15-22(26)16-7-4-3-5-8-16)20-12-11-19(25-20)17-9-6-10-18(23)14-17/h1,3-12,14-15,24-25H,13H2/b21-15-. The number of allylic oxidation sites excluding steroid dienone is 1. The van der Waals surface area contributed by atoms with Gasteiger partial charge in [0.2, 0.25) is 0 Å². The highest BCUT2D eigenvalue weighted by atomic mass is 19.1. The number of hydrogen-bond acceptors (Lipinski definition) is 2. The van der Waals surface area contributed by atoms with Gasteiger partial charge in [0.25, 0.3) is 0 Å². The first-order valence-corrected chi connectivity index (χ1v) is 8.11. The Morgan fingerprint density at radius 2 is 1.92 bits per heavy atom. The van der Waals surface area contributed by atoms with Crippen LogP contribution in [0.5, 0.6) is 0 Å². The van der Waals surface area contributed by atoms with Gasteiger partial charge in [0.05, 0.1) is 17.9 Å². The molecule has 3 rings (SSSR count). The Kier molecular flexibility index (Phi) is 5.31. The molecule has 0 radical (unpaired) electrons. The molecule has 0 amide bonds. The lowest BCUT2D eigenvalue weighted by molar-refractivity contribution is 0.104.